The number of rotatable bonds is 1. The van der Waals surface area contributed by atoms with Gasteiger partial charge in [-0.2, -0.15) is 0 Å². The van der Waals surface area contributed by atoms with Crippen LogP contribution in [0.2, 0.25) is 0 Å². The van der Waals surface area contributed by atoms with Crippen molar-refractivity contribution in [3.63, 3.8) is 0 Å². The molecule has 2 aliphatic rings. The SMILES string of the molecule is OC[C@@]12CNC(CS1)C2. The zero-order valence-electron chi connectivity index (χ0n) is 5.26. The molecule has 0 spiro atoms. The monoisotopic (exact) mass is 145 g/mol. The number of aliphatic hydroxyl groups is 1. The summed E-state index contributed by atoms with van der Waals surface area (Å²) in [5.41, 5.74) is 0. The van der Waals surface area contributed by atoms with E-state index in [0.29, 0.717) is 12.6 Å². The first-order valence-electron chi connectivity index (χ1n) is 3.33. The largest absolute Gasteiger partial charge is 0.395 e. The van der Waals surface area contributed by atoms with Crippen molar-refractivity contribution in [3.05, 3.63) is 0 Å². The van der Waals surface area contributed by atoms with E-state index >= 15 is 0 Å². The molecule has 9 heavy (non-hydrogen) atoms. The van der Waals surface area contributed by atoms with Crippen LogP contribution in [0.5, 0.6) is 0 Å². The smallest absolute Gasteiger partial charge is 0.0591 e. The Labute approximate surface area is 59.0 Å². The van der Waals surface area contributed by atoms with Crippen LogP contribution in [0.1, 0.15) is 6.42 Å². The summed E-state index contributed by atoms with van der Waals surface area (Å²) in [5.74, 6) is 1.20. The van der Waals surface area contributed by atoms with Crippen molar-refractivity contribution in [1.82, 2.24) is 5.32 Å². The third-order valence-corrected chi connectivity index (χ3v) is 3.83. The lowest BCUT2D eigenvalue weighted by atomic mass is 10.1. The minimum Gasteiger partial charge on any atom is -0.395 e. The molecule has 2 aliphatic heterocycles. The van der Waals surface area contributed by atoms with E-state index < -0.39 is 0 Å². The molecule has 2 rings (SSSR count). The predicted octanol–water partition coefficient (Wildman–Crippen LogP) is -0.174. The van der Waals surface area contributed by atoms with Gasteiger partial charge in [0.05, 0.1) is 11.4 Å². The van der Waals surface area contributed by atoms with Crippen molar-refractivity contribution in [2.75, 3.05) is 18.9 Å². The Balaban J connectivity index is 2.13. The summed E-state index contributed by atoms with van der Waals surface area (Å²) in [6, 6.07) is 0.696. The molecule has 2 fully saturated rings. The molecule has 0 saturated carbocycles. The summed E-state index contributed by atoms with van der Waals surface area (Å²) in [6.07, 6.45) is 1.17. The summed E-state index contributed by atoms with van der Waals surface area (Å²) < 4.78 is 0.213. The Hall–Kier alpha value is 0.270. The summed E-state index contributed by atoms with van der Waals surface area (Å²) in [7, 11) is 0. The van der Waals surface area contributed by atoms with Gasteiger partial charge in [0.2, 0.25) is 0 Å². The number of aliphatic hydroxyl groups excluding tert-OH is 1. The highest BCUT2D eigenvalue weighted by Gasteiger charge is 2.44. The van der Waals surface area contributed by atoms with Crippen LogP contribution < -0.4 is 5.32 Å². The second-order valence-corrected chi connectivity index (χ2v) is 4.42. The summed E-state index contributed by atoms with van der Waals surface area (Å²) in [4.78, 5) is 0. The Bertz CT molecular complexity index is 120. The maximum absolute atomic E-state index is 8.98. The van der Waals surface area contributed by atoms with Crippen LogP contribution >= 0.6 is 11.8 Å². The molecular weight excluding hydrogens is 134 g/mol. The van der Waals surface area contributed by atoms with Gasteiger partial charge in [-0.1, -0.05) is 0 Å². The molecule has 52 valence electrons. The molecule has 2 saturated heterocycles. The quantitative estimate of drug-likeness (QED) is 0.537. The second kappa shape index (κ2) is 1.87. The molecular formula is C6H11NOS. The molecule has 3 heteroatoms. The average Bonchev–Trinajstić information content (AvgIpc) is 2.46. The summed E-state index contributed by atoms with van der Waals surface area (Å²) in [5, 5.41) is 12.3. The Morgan fingerprint density at radius 1 is 1.78 bits per heavy atom. The minimum absolute atomic E-state index is 0.213. The van der Waals surface area contributed by atoms with Crippen molar-refractivity contribution in [1.29, 1.82) is 0 Å². The van der Waals surface area contributed by atoms with Crippen molar-refractivity contribution >= 4 is 11.8 Å². The van der Waals surface area contributed by atoms with E-state index in [1.807, 2.05) is 11.8 Å². The fourth-order valence-corrected chi connectivity index (χ4v) is 2.98. The van der Waals surface area contributed by atoms with Gasteiger partial charge in [0, 0.05) is 18.3 Å². The standard InChI is InChI=1S/C6H11NOS/c8-4-6-1-5(2-9-6)7-3-6/h5,7-8H,1-4H2/t5?,6-/m1/s1. The van der Waals surface area contributed by atoms with Crippen LogP contribution in [0.25, 0.3) is 0 Å². The first-order chi connectivity index (χ1) is 4.35. The molecule has 2 N–H and O–H groups in total. The van der Waals surface area contributed by atoms with Crippen molar-refractivity contribution in [2.24, 2.45) is 0 Å². The normalized spacial score (nSPS) is 48.3. The Morgan fingerprint density at radius 2 is 2.67 bits per heavy atom. The first-order valence-corrected chi connectivity index (χ1v) is 4.31. The lowest BCUT2D eigenvalue weighted by Crippen LogP contribution is -2.35. The van der Waals surface area contributed by atoms with Gasteiger partial charge in [-0.05, 0) is 6.42 Å². The van der Waals surface area contributed by atoms with Gasteiger partial charge in [-0.3, -0.25) is 0 Å². The van der Waals surface area contributed by atoms with E-state index in [1.54, 1.807) is 0 Å². The topological polar surface area (TPSA) is 32.3 Å². The maximum Gasteiger partial charge on any atom is 0.0591 e. The summed E-state index contributed by atoms with van der Waals surface area (Å²) >= 11 is 1.93. The van der Waals surface area contributed by atoms with E-state index in [9.17, 15) is 0 Å². The highest BCUT2D eigenvalue weighted by Crippen LogP contribution is 2.41. The van der Waals surface area contributed by atoms with Gasteiger partial charge in [-0.25, -0.2) is 0 Å². The van der Waals surface area contributed by atoms with Crippen LogP contribution in [0.4, 0.5) is 0 Å². The maximum atomic E-state index is 8.98. The van der Waals surface area contributed by atoms with E-state index in [0.717, 1.165) is 6.54 Å². The number of thioether (sulfide) groups is 1. The summed E-state index contributed by atoms with van der Waals surface area (Å²) in [6.45, 7) is 1.36. The highest BCUT2D eigenvalue weighted by molar-refractivity contribution is 8.01. The molecule has 0 aliphatic carbocycles. The molecule has 0 amide bonds. The van der Waals surface area contributed by atoms with Crippen molar-refractivity contribution in [2.45, 2.75) is 17.2 Å². The molecule has 2 bridgehead atoms. The van der Waals surface area contributed by atoms with Crippen LogP contribution in [-0.4, -0.2) is 34.8 Å². The Morgan fingerprint density at radius 3 is 2.89 bits per heavy atom. The van der Waals surface area contributed by atoms with Gasteiger partial charge < -0.3 is 10.4 Å². The van der Waals surface area contributed by atoms with Crippen LogP contribution in [0.15, 0.2) is 0 Å². The van der Waals surface area contributed by atoms with E-state index in [1.165, 1.54) is 12.2 Å². The van der Waals surface area contributed by atoms with Crippen LogP contribution in [0.3, 0.4) is 0 Å². The van der Waals surface area contributed by atoms with Crippen LogP contribution in [-0.2, 0) is 0 Å². The van der Waals surface area contributed by atoms with Gasteiger partial charge >= 0.3 is 0 Å². The van der Waals surface area contributed by atoms with Gasteiger partial charge in [0.1, 0.15) is 0 Å². The third kappa shape index (κ3) is 0.791. The molecule has 0 aromatic carbocycles. The number of fused-ring (bicyclic) bond motifs is 2. The molecule has 1 unspecified atom stereocenters. The fourth-order valence-electron chi connectivity index (χ4n) is 1.60. The van der Waals surface area contributed by atoms with Gasteiger partial charge in [-0.15, -0.1) is 11.8 Å². The molecule has 2 atom stereocenters. The molecule has 2 heterocycles. The zero-order valence-corrected chi connectivity index (χ0v) is 6.08. The molecule has 0 aromatic heterocycles. The molecule has 0 radical (unpaired) electrons. The number of hydrogen-bond donors (Lipinski definition) is 2. The zero-order chi connectivity index (χ0) is 6.32. The first kappa shape index (κ1) is 6.01. The van der Waals surface area contributed by atoms with Crippen molar-refractivity contribution < 1.29 is 5.11 Å². The number of nitrogens with one attached hydrogen (secondary N) is 1. The number of hydrogen-bond acceptors (Lipinski definition) is 3. The molecule has 2 nitrogen and oxygen atoms in total. The van der Waals surface area contributed by atoms with E-state index in [-0.39, 0.29) is 4.75 Å². The second-order valence-electron chi connectivity index (χ2n) is 2.93. The predicted molar refractivity (Wildman–Crippen MR) is 38.7 cm³/mol. The lowest BCUT2D eigenvalue weighted by Gasteiger charge is -2.22. The third-order valence-electron chi connectivity index (χ3n) is 2.21. The van der Waals surface area contributed by atoms with E-state index in [4.69, 9.17) is 5.11 Å². The van der Waals surface area contributed by atoms with Gasteiger partial charge in [0.25, 0.3) is 0 Å². The molecule has 0 aromatic rings. The van der Waals surface area contributed by atoms with Crippen molar-refractivity contribution in [3.8, 4) is 0 Å². The Kier molecular flexibility index (Phi) is 1.25. The average molecular weight is 145 g/mol. The van der Waals surface area contributed by atoms with Gasteiger partial charge in [0.15, 0.2) is 0 Å². The lowest BCUT2D eigenvalue weighted by molar-refractivity contribution is 0.257. The fraction of sp³-hybridized carbons (Fsp3) is 1.00. The minimum atomic E-state index is 0.213. The van der Waals surface area contributed by atoms with E-state index in [2.05, 4.69) is 5.32 Å². The van der Waals surface area contributed by atoms with Crippen LogP contribution in [0, 0.1) is 0 Å². The highest BCUT2D eigenvalue weighted by atomic mass is 32.2.